The van der Waals surface area contributed by atoms with Gasteiger partial charge in [0, 0.05) is 41.8 Å². The first-order valence-corrected chi connectivity index (χ1v) is 11.7. The molecule has 1 aliphatic heterocycles. The third-order valence-electron chi connectivity index (χ3n) is 6.69. The van der Waals surface area contributed by atoms with Crippen LogP contribution in [-0.2, 0) is 0 Å². The standard InChI is InChI=1S/C28H26F2N4O2/c1-16-9-18(11-19(29)10-16)22-13-32-26-6-5-17(20-3-2-4-24(30)23(20)14-33-36)12-21(26)28(22)34-8-7-25(31)27(35)15-34/h2-6,9-14,25,27,35-36H,7-8,15,31H2,1H3/t25-,27+/m0/s1. The summed E-state index contributed by atoms with van der Waals surface area (Å²) >= 11 is 0. The normalized spacial score (nSPS) is 18.3. The third-order valence-corrected chi connectivity index (χ3v) is 6.69. The minimum Gasteiger partial charge on any atom is -0.411 e. The molecule has 4 aromatic rings. The minimum atomic E-state index is -0.720. The molecule has 8 heteroatoms. The van der Waals surface area contributed by atoms with Crippen LogP contribution in [0.5, 0.6) is 0 Å². The summed E-state index contributed by atoms with van der Waals surface area (Å²) in [5.41, 5.74) is 11.1. The number of nitrogens with zero attached hydrogens (tertiary/aromatic N) is 3. The van der Waals surface area contributed by atoms with Gasteiger partial charge in [-0.1, -0.05) is 29.4 Å². The molecule has 0 unspecified atom stereocenters. The fraction of sp³-hybridized carbons (Fsp3) is 0.214. The predicted octanol–water partition coefficient (Wildman–Crippen LogP) is 4.86. The van der Waals surface area contributed by atoms with Crippen molar-refractivity contribution in [3.05, 3.63) is 83.6 Å². The Morgan fingerprint density at radius 2 is 1.92 bits per heavy atom. The maximum Gasteiger partial charge on any atom is 0.132 e. The van der Waals surface area contributed by atoms with Gasteiger partial charge in [-0.3, -0.25) is 4.98 Å². The van der Waals surface area contributed by atoms with E-state index in [1.54, 1.807) is 18.3 Å². The van der Waals surface area contributed by atoms with Crippen LogP contribution >= 0.6 is 0 Å². The molecule has 0 amide bonds. The fourth-order valence-corrected chi connectivity index (χ4v) is 4.92. The van der Waals surface area contributed by atoms with Gasteiger partial charge in [0.05, 0.1) is 23.5 Å². The van der Waals surface area contributed by atoms with Crippen molar-refractivity contribution in [1.82, 2.24) is 4.98 Å². The van der Waals surface area contributed by atoms with Gasteiger partial charge in [0.25, 0.3) is 0 Å². The second kappa shape index (κ2) is 9.64. The van der Waals surface area contributed by atoms with Gasteiger partial charge in [-0.25, -0.2) is 8.78 Å². The molecule has 0 saturated carbocycles. The number of β-amino-alcohol motifs (C(OH)–C–C–N with tert-alkyl or cyclic N) is 1. The van der Waals surface area contributed by atoms with E-state index in [9.17, 15) is 13.9 Å². The summed E-state index contributed by atoms with van der Waals surface area (Å²) in [5.74, 6) is -0.862. The lowest BCUT2D eigenvalue weighted by molar-refractivity contribution is 0.132. The highest BCUT2D eigenvalue weighted by molar-refractivity contribution is 6.03. The first-order chi connectivity index (χ1) is 17.4. The number of rotatable bonds is 4. The molecule has 1 fully saturated rings. The third kappa shape index (κ3) is 4.41. The first-order valence-electron chi connectivity index (χ1n) is 11.7. The number of pyridine rings is 1. The largest absolute Gasteiger partial charge is 0.411 e. The van der Waals surface area contributed by atoms with E-state index < -0.39 is 11.9 Å². The number of halogens is 2. The number of oxime groups is 1. The zero-order valence-electron chi connectivity index (χ0n) is 19.7. The Kier molecular flexibility index (Phi) is 6.38. The quantitative estimate of drug-likeness (QED) is 0.217. The zero-order valence-corrected chi connectivity index (χ0v) is 19.7. The van der Waals surface area contributed by atoms with Crippen LogP contribution in [0, 0.1) is 18.6 Å². The van der Waals surface area contributed by atoms with E-state index in [0.717, 1.165) is 28.4 Å². The number of aryl methyl sites for hydroxylation is 1. The predicted molar refractivity (Wildman–Crippen MR) is 137 cm³/mol. The van der Waals surface area contributed by atoms with Crippen LogP contribution in [0.15, 0.2) is 65.9 Å². The number of aromatic nitrogens is 1. The molecule has 2 atom stereocenters. The molecular formula is C28H26F2N4O2. The van der Waals surface area contributed by atoms with E-state index in [-0.39, 0.29) is 17.4 Å². The van der Waals surface area contributed by atoms with Gasteiger partial charge in [-0.15, -0.1) is 0 Å². The number of anilines is 1. The van der Waals surface area contributed by atoms with Crippen molar-refractivity contribution in [3.63, 3.8) is 0 Å². The molecule has 0 spiro atoms. The topological polar surface area (TPSA) is 95.0 Å². The van der Waals surface area contributed by atoms with Crippen molar-refractivity contribution in [2.75, 3.05) is 18.0 Å². The lowest BCUT2D eigenvalue weighted by Crippen LogP contribution is -2.50. The Morgan fingerprint density at radius 3 is 2.67 bits per heavy atom. The van der Waals surface area contributed by atoms with Crippen LogP contribution in [0.25, 0.3) is 33.2 Å². The summed E-state index contributed by atoms with van der Waals surface area (Å²) < 4.78 is 28.9. The monoisotopic (exact) mass is 488 g/mol. The van der Waals surface area contributed by atoms with Crippen LogP contribution in [0.2, 0.25) is 0 Å². The summed E-state index contributed by atoms with van der Waals surface area (Å²) in [4.78, 5) is 6.70. The number of benzene rings is 3. The minimum absolute atomic E-state index is 0.158. The Bertz CT molecular complexity index is 1450. The highest BCUT2D eigenvalue weighted by Crippen LogP contribution is 2.40. The van der Waals surface area contributed by atoms with Crippen LogP contribution in [0.1, 0.15) is 17.5 Å². The SMILES string of the molecule is Cc1cc(F)cc(-c2cnc3ccc(-c4cccc(F)c4C=NO)cc3c2N2CC[C@H](N)[C@H](O)C2)c1. The van der Waals surface area contributed by atoms with Gasteiger partial charge in [-0.05, 0) is 65.9 Å². The summed E-state index contributed by atoms with van der Waals surface area (Å²) in [6.45, 7) is 2.75. The highest BCUT2D eigenvalue weighted by atomic mass is 19.1. The molecule has 36 heavy (non-hydrogen) atoms. The Hall–Kier alpha value is -3.88. The number of aliphatic hydroxyl groups excluding tert-OH is 1. The average Bonchev–Trinajstić information content (AvgIpc) is 2.85. The van der Waals surface area contributed by atoms with E-state index in [1.165, 1.54) is 18.2 Å². The van der Waals surface area contributed by atoms with E-state index in [2.05, 4.69) is 15.0 Å². The van der Waals surface area contributed by atoms with Gasteiger partial charge in [0.15, 0.2) is 0 Å². The number of nitrogens with two attached hydrogens (primary N) is 1. The molecule has 0 aliphatic carbocycles. The summed E-state index contributed by atoms with van der Waals surface area (Å²) in [6, 6.07) is 14.7. The van der Waals surface area contributed by atoms with E-state index in [4.69, 9.17) is 10.9 Å². The lowest BCUT2D eigenvalue weighted by Gasteiger charge is -2.37. The second-order valence-electron chi connectivity index (χ2n) is 9.18. The zero-order chi connectivity index (χ0) is 25.4. The van der Waals surface area contributed by atoms with Crippen molar-refractivity contribution in [1.29, 1.82) is 0 Å². The molecule has 1 aliphatic rings. The number of fused-ring (bicyclic) bond motifs is 1. The van der Waals surface area contributed by atoms with Gasteiger partial charge in [0.2, 0.25) is 0 Å². The summed E-state index contributed by atoms with van der Waals surface area (Å²) in [6.07, 6.45) is 2.66. The van der Waals surface area contributed by atoms with Crippen LogP contribution in [-0.4, -0.2) is 46.7 Å². The van der Waals surface area contributed by atoms with Crippen molar-refractivity contribution in [3.8, 4) is 22.3 Å². The average molecular weight is 489 g/mol. The first kappa shape index (κ1) is 23.8. The molecule has 2 heterocycles. The number of aliphatic hydroxyl groups is 1. The maximum absolute atomic E-state index is 14.5. The highest BCUT2D eigenvalue weighted by Gasteiger charge is 2.28. The summed E-state index contributed by atoms with van der Waals surface area (Å²) in [5, 5.41) is 23.4. The second-order valence-corrected chi connectivity index (χ2v) is 9.18. The molecule has 3 aromatic carbocycles. The van der Waals surface area contributed by atoms with Crippen molar-refractivity contribution in [2.45, 2.75) is 25.5 Å². The lowest BCUT2D eigenvalue weighted by atomic mass is 9.94. The van der Waals surface area contributed by atoms with Gasteiger partial charge in [0.1, 0.15) is 11.6 Å². The Balaban J connectivity index is 1.77. The Morgan fingerprint density at radius 1 is 1.08 bits per heavy atom. The van der Waals surface area contributed by atoms with Crippen molar-refractivity contribution in [2.24, 2.45) is 10.9 Å². The Labute approximate surface area is 207 Å². The molecule has 0 bridgehead atoms. The molecule has 5 rings (SSSR count). The molecule has 184 valence electrons. The van der Waals surface area contributed by atoms with Crippen molar-refractivity contribution >= 4 is 22.8 Å². The molecular weight excluding hydrogens is 462 g/mol. The molecule has 0 radical (unpaired) electrons. The van der Waals surface area contributed by atoms with Crippen LogP contribution in [0.3, 0.4) is 0 Å². The van der Waals surface area contributed by atoms with Gasteiger partial charge < -0.3 is 20.9 Å². The van der Waals surface area contributed by atoms with E-state index >= 15 is 0 Å². The maximum atomic E-state index is 14.5. The fourth-order valence-electron chi connectivity index (χ4n) is 4.92. The van der Waals surface area contributed by atoms with Gasteiger partial charge in [-0.2, -0.15) is 0 Å². The van der Waals surface area contributed by atoms with E-state index in [1.807, 2.05) is 31.2 Å². The molecule has 1 saturated heterocycles. The van der Waals surface area contributed by atoms with Gasteiger partial charge >= 0.3 is 0 Å². The number of hydrogen-bond donors (Lipinski definition) is 3. The van der Waals surface area contributed by atoms with Crippen LogP contribution < -0.4 is 10.6 Å². The molecule has 6 nitrogen and oxygen atoms in total. The molecule has 4 N–H and O–H groups in total. The smallest absolute Gasteiger partial charge is 0.132 e. The summed E-state index contributed by atoms with van der Waals surface area (Å²) in [7, 11) is 0. The number of hydrogen-bond acceptors (Lipinski definition) is 6. The van der Waals surface area contributed by atoms with Crippen LogP contribution in [0.4, 0.5) is 14.5 Å². The number of piperidine rings is 1. The molecule has 1 aromatic heterocycles. The van der Waals surface area contributed by atoms with E-state index in [0.29, 0.717) is 41.7 Å². The van der Waals surface area contributed by atoms with Crippen molar-refractivity contribution < 1.29 is 19.1 Å².